The standard InChI is InChI=1S/C15H20N6O2/c1-11-8-15(23-20-11)18-14(22)9-16-12-4-3-7-21(10-12)13-5-2-6-17-19-13/h2,5-6,8,12,16H,3-4,7,9-10H2,1H3,(H,18,22). The molecule has 0 bridgehead atoms. The van der Waals surface area contributed by atoms with Crippen LogP contribution in [0.25, 0.3) is 0 Å². The fourth-order valence-corrected chi connectivity index (χ4v) is 2.66. The summed E-state index contributed by atoms with van der Waals surface area (Å²) in [5.74, 6) is 1.11. The van der Waals surface area contributed by atoms with Crippen molar-refractivity contribution in [2.24, 2.45) is 0 Å². The Hall–Kier alpha value is -2.48. The molecule has 0 aromatic carbocycles. The zero-order valence-corrected chi connectivity index (χ0v) is 13.0. The van der Waals surface area contributed by atoms with Crippen LogP contribution in [0.2, 0.25) is 0 Å². The van der Waals surface area contributed by atoms with Crippen LogP contribution in [-0.2, 0) is 4.79 Å². The fraction of sp³-hybridized carbons (Fsp3) is 0.467. The van der Waals surface area contributed by atoms with Crippen molar-refractivity contribution in [2.45, 2.75) is 25.8 Å². The van der Waals surface area contributed by atoms with Gasteiger partial charge in [0.15, 0.2) is 5.82 Å². The van der Waals surface area contributed by atoms with E-state index in [0.29, 0.717) is 5.88 Å². The SMILES string of the molecule is Cc1cc(NC(=O)CNC2CCCN(c3cccnn3)C2)on1. The molecule has 1 unspecified atom stereocenters. The average Bonchev–Trinajstić information content (AvgIpc) is 2.99. The van der Waals surface area contributed by atoms with Crippen LogP contribution in [-0.4, -0.2) is 46.9 Å². The molecule has 0 radical (unpaired) electrons. The first-order valence-corrected chi connectivity index (χ1v) is 7.70. The Morgan fingerprint density at radius 1 is 1.52 bits per heavy atom. The van der Waals surface area contributed by atoms with E-state index >= 15 is 0 Å². The van der Waals surface area contributed by atoms with Crippen molar-refractivity contribution in [3.05, 3.63) is 30.1 Å². The Morgan fingerprint density at radius 3 is 3.17 bits per heavy atom. The molecule has 8 nitrogen and oxygen atoms in total. The Labute approximate surface area is 134 Å². The van der Waals surface area contributed by atoms with Crippen LogP contribution in [0, 0.1) is 6.92 Å². The molecule has 1 aliphatic heterocycles. The molecule has 1 aliphatic rings. The predicted molar refractivity (Wildman–Crippen MR) is 85.1 cm³/mol. The summed E-state index contributed by atoms with van der Waals surface area (Å²) in [5.41, 5.74) is 0.736. The fourth-order valence-electron chi connectivity index (χ4n) is 2.66. The van der Waals surface area contributed by atoms with Crippen LogP contribution in [0.1, 0.15) is 18.5 Å². The monoisotopic (exact) mass is 316 g/mol. The predicted octanol–water partition coefficient (Wildman–Crippen LogP) is 0.970. The maximum absolute atomic E-state index is 11.9. The Balaban J connectivity index is 1.47. The lowest BCUT2D eigenvalue weighted by Crippen LogP contribution is -2.48. The quantitative estimate of drug-likeness (QED) is 0.848. The van der Waals surface area contributed by atoms with E-state index in [2.05, 4.69) is 30.9 Å². The third kappa shape index (κ3) is 4.26. The minimum atomic E-state index is -0.141. The molecule has 0 spiro atoms. The Bertz CT molecular complexity index is 644. The normalized spacial score (nSPS) is 18.0. The van der Waals surface area contributed by atoms with E-state index in [1.165, 1.54) is 0 Å². The molecule has 8 heteroatoms. The van der Waals surface area contributed by atoms with Crippen LogP contribution < -0.4 is 15.5 Å². The zero-order valence-electron chi connectivity index (χ0n) is 13.0. The number of piperidine rings is 1. The second kappa shape index (κ2) is 7.19. The lowest BCUT2D eigenvalue weighted by Gasteiger charge is -2.33. The number of carbonyl (C=O) groups excluding carboxylic acids is 1. The van der Waals surface area contributed by atoms with Gasteiger partial charge >= 0.3 is 0 Å². The number of aryl methyl sites for hydroxylation is 1. The van der Waals surface area contributed by atoms with Gasteiger partial charge in [-0.2, -0.15) is 5.10 Å². The lowest BCUT2D eigenvalue weighted by molar-refractivity contribution is -0.115. The molecule has 0 aliphatic carbocycles. The third-order valence-electron chi connectivity index (χ3n) is 3.75. The molecule has 1 fully saturated rings. The number of rotatable bonds is 5. The first-order chi connectivity index (χ1) is 11.2. The van der Waals surface area contributed by atoms with Gasteiger partial charge in [-0.25, -0.2) is 0 Å². The van der Waals surface area contributed by atoms with Gasteiger partial charge in [-0.15, -0.1) is 5.10 Å². The molecular formula is C15H20N6O2. The highest BCUT2D eigenvalue weighted by molar-refractivity contribution is 5.90. The van der Waals surface area contributed by atoms with E-state index in [1.54, 1.807) is 19.2 Å². The van der Waals surface area contributed by atoms with Crippen LogP contribution >= 0.6 is 0 Å². The van der Waals surface area contributed by atoms with Crippen LogP contribution in [0.4, 0.5) is 11.7 Å². The van der Waals surface area contributed by atoms with Crippen LogP contribution in [0.15, 0.2) is 28.9 Å². The van der Waals surface area contributed by atoms with Gasteiger partial charge in [-0.05, 0) is 31.9 Å². The highest BCUT2D eigenvalue weighted by Gasteiger charge is 2.21. The summed E-state index contributed by atoms with van der Waals surface area (Å²) in [6.07, 6.45) is 3.75. The van der Waals surface area contributed by atoms with Gasteiger partial charge in [-0.1, -0.05) is 5.16 Å². The summed E-state index contributed by atoms with van der Waals surface area (Å²) >= 11 is 0. The minimum Gasteiger partial charge on any atom is -0.354 e. The summed E-state index contributed by atoms with van der Waals surface area (Å²) in [7, 11) is 0. The molecule has 1 atom stereocenters. The van der Waals surface area contributed by atoms with Crippen molar-refractivity contribution >= 4 is 17.6 Å². The number of amides is 1. The number of nitrogens with zero attached hydrogens (tertiary/aromatic N) is 4. The van der Waals surface area contributed by atoms with Crippen LogP contribution in [0.3, 0.4) is 0 Å². The highest BCUT2D eigenvalue weighted by atomic mass is 16.5. The number of hydrogen-bond donors (Lipinski definition) is 2. The average molecular weight is 316 g/mol. The van der Waals surface area contributed by atoms with Crippen LogP contribution in [0.5, 0.6) is 0 Å². The molecule has 0 saturated carbocycles. The molecule has 2 aromatic rings. The molecule has 1 saturated heterocycles. The summed E-state index contributed by atoms with van der Waals surface area (Å²) in [5, 5.41) is 17.8. The number of nitrogens with one attached hydrogen (secondary N) is 2. The van der Waals surface area contributed by atoms with E-state index in [-0.39, 0.29) is 18.5 Å². The summed E-state index contributed by atoms with van der Waals surface area (Å²) in [6.45, 7) is 3.81. The first kappa shape index (κ1) is 15.4. The topological polar surface area (TPSA) is 96.2 Å². The van der Waals surface area contributed by atoms with Crippen molar-refractivity contribution in [3.8, 4) is 0 Å². The Morgan fingerprint density at radius 2 is 2.43 bits per heavy atom. The van der Waals surface area contributed by atoms with Gasteiger partial charge < -0.3 is 14.7 Å². The molecule has 122 valence electrons. The van der Waals surface area contributed by atoms with Gasteiger partial charge in [0, 0.05) is 31.4 Å². The molecule has 1 amide bonds. The molecule has 23 heavy (non-hydrogen) atoms. The van der Waals surface area contributed by atoms with Gasteiger partial charge in [0.05, 0.1) is 12.2 Å². The van der Waals surface area contributed by atoms with E-state index < -0.39 is 0 Å². The summed E-state index contributed by atoms with van der Waals surface area (Å²) < 4.78 is 4.97. The lowest BCUT2D eigenvalue weighted by atomic mass is 10.1. The smallest absolute Gasteiger partial charge is 0.240 e. The number of hydrogen-bond acceptors (Lipinski definition) is 7. The highest BCUT2D eigenvalue weighted by Crippen LogP contribution is 2.16. The maximum Gasteiger partial charge on any atom is 0.240 e. The molecule has 2 N–H and O–H groups in total. The largest absolute Gasteiger partial charge is 0.354 e. The van der Waals surface area contributed by atoms with Crippen molar-refractivity contribution < 1.29 is 9.32 Å². The maximum atomic E-state index is 11.9. The molecule has 2 aromatic heterocycles. The van der Waals surface area contributed by atoms with Crippen molar-refractivity contribution in [3.63, 3.8) is 0 Å². The van der Waals surface area contributed by atoms with Crippen molar-refractivity contribution in [1.29, 1.82) is 0 Å². The van der Waals surface area contributed by atoms with Gasteiger partial charge in [-0.3, -0.25) is 10.1 Å². The van der Waals surface area contributed by atoms with Gasteiger partial charge in [0.2, 0.25) is 11.8 Å². The van der Waals surface area contributed by atoms with Gasteiger partial charge in [0.1, 0.15) is 0 Å². The van der Waals surface area contributed by atoms with E-state index in [4.69, 9.17) is 4.52 Å². The zero-order chi connectivity index (χ0) is 16.1. The Kier molecular flexibility index (Phi) is 4.82. The summed E-state index contributed by atoms with van der Waals surface area (Å²) in [4.78, 5) is 14.1. The van der Waals surface area contributed by atoms with E-state index in [9.17, 15) is 4.79 Å². The van der Waals surface area contributed by atoms with Gasteiger partial charge in [0.25, 0.3) is 0 Å². The molecule has 3 heterocycles. The van der Waals surface area contributed by atoms with E-state index in [0.717, 1.165) is 37.4 Å². The van der Waals surface area contributed by atoms with Crippen molar-refractivity contribution in [2.75, 3.05) is 29.9 Å². The second-order valence-electron chi connectivity index (χ2n) is 5.63. The van der Waals surface area contributed by atoms with E-state index in [1.807, 2.05) is 12.1 Å². The van der Waals surface area contributed by atoms with Crippen molar-refractivity contribution in [1.82, 2.24) is 20.7 Å². The summed E-state index contributed by atoms with van der Waals surface area (Å²) in [6, 6.07) is 5.77. The molecule has 3 rings (SSSR count). The first-order valence-electron chi connectivity index (χ1n) is 7.70. The molecular weight excluding hydrogens is 296 g/mol. The third-order valence-corrected chi connectivity index (χ3v) is 3.75. The number of aromatic nitrogens is 3. The second-order valence-corrected chi connectivity index (χ2v) is 5.63. The number of carbonyl (C=O) groups is 1. The number of anilines is 2. The minimum absolute atomic E-state index is 0.141.